The number of hydrogen-bond acceptors (Lipinski definition) is 6. The van der Waals surface area contributed by atoms with Gasteiger partial charge in [0.2, 0.25) is 0 Å². The average molecular weight is 584 g/mol. The van der Waals surface area contributed by atoms with E-state index in [0.29, 0.717) is 12.5 Å². The van der Waals surface area contributed by atoms with Crippen LogP contribution in [0.25, 0.3) is 0 Å². The lowest BCUT2D eigenvalue weighted by molar-refractivity contribution is -0.152. The van der Waals surface area contributed by atoms with Crippen molar-refractivity contribution in [3.8, 4) is 0 Å². The third-order valence-corrected chi connectivity index (χ3v) is 8.36. The van der Waals surface area contributed by atoms with E-state index in [4.69, 9.17) is 9.47 Å². The van der Waals surface area contributed by atoms with Crippen LogP contribution in [-0.4, -0.2) is 54.3 Å². The Balaban J connectivity index is 4.71. The van der Waals surface area contributed by atoms with Gasteiger partial charge in [-0.15, -0.1) is 11.8 Å². The molecule has 0 aliphatic heterocycles. The zero-order valence-corrected chi connectivity index (χ0v) is 27.7. The highest BCUT2D eigenvalue weighted by atomic mass is 32.2. The van der Waals surface area contributed by atoms with E-state index in [1.54, 1.807) is 11.8 Å². The molecular weight excluding hydrogens is 518 g/mol. The third kappa shape index (κ3) is 27.2. The van der Waals surface area contributed by atoms with Crippen LogP contribution in [0.15, 0.2) is 12.2 Å². The van der Waals surface area contributed by atoms with E-state index in [2.05, 4.69) is 33.8 Å². The predicted molar refractivity (Wildman–Crippen MR) is 174 cm³/mol. The molecular formula is C34H65NO4S. The first-order valence-electron chi connectivity index (χ1n) is 16.9. The van der Waals surface area contributed by atoms with Crippen molar-refractivity contribution in [3.63, 3.8) is 0 Å². The van der Waals surface area contributed by atoms with Crippen LogP contribution in [0.3, 0.4) is 0 Å². The molecule has 0 atom stereocenters. The van der Waals surface area contributed by atoms with Gasteiger partial charge in [0.1, 0.15) is 12.7 Å². The van der Waals surface area contributed by atoms with E-state index in [-0.39, 0.29) is 31.1 Å². The second kappa shape index (κ2) is 30.9. The van der Waals surface area contributed by atoms with Crippen molar-refractivity contribution in [2.45, 2.75) is 162 Å². The van der Waals surface area contributed by atoms with Crippen LogP contribution in [0.4, 0.5) is 0 Å². The van der Waals surface area contributed by atoms with E-state index < -0.39 is 0 Å². The molecule has 236 valence electrons. The summed E-state index contributed by atoms with van der Waals surface area (Å²) in [6.45, 7) is 9.40. The highest BCUT2D eigenvalue weighted by Crippen LogP contribution is 2.17. The molecule has 5 nitrogen and oxygen atoms in total. The van der Waals surface area contributed by atoms with Crippen molar-refractivity contribution in [1.29, 1.82) is 0 Å². The number of carbonyl (C=O) groups is 2. The Hall–Kier alpha value is -1.01. The van der Waals surface area contributed by atoms with Gasteiger partial charge in [-0.1, -0.05) is 123 Å². The first-order valence-corrected chi connectivity index (χ1v) is 18.0. The SMILES string of the molecule is CCCCCC/C=C\COC(=O)CN(CSCCC)CC(=O)OC(CCCCCCCC)CCCCCCCC. The second-order valence-electron chi connectivity index (χ2n) is 11.3. The third-order valence-electron chi connectivity index (χ3n) is 7.12. The minimum absolute atomic E-state index is 0.00981. The summed E-state index contributed by atoms with van der Waals surface area (Å²) in [6.07, 6.45) is 27.9. The topological polar surface area (TPSA) is 55.8 Å². The lowest BCUT2D eigenvalue weighted by Gasteiger charge is -2.23. The van der Waals surface area contributed by atoms with Crippen molar-refractivity contribution in [2.24, 2.45) is 0 Å². The molecule has 0 aromatic carbocycles. The number of thioether (sulfide) groups is 1. The maximum absolute atomic E-state index is 13.0. The second-order valence-corrected chi connectivity index (χ2v) is 12.3. The van der Waals surface area contributed by atoms with Crippen molar-refractivity contribution < 1.29 is 19.1 Å². The van der Waals surface area contributed by atoms with Gasteiger partial charge in [0, 0.05) is 5.88 Å². The van der Waals surface area contributed by atoms with E-state index >= 15 is 0 Å². The van der Waals surface area contributed by atoms with Gasteiger partial charge < -0.3 is 9.47 Å². The number of nitrogens with zero attached hydrogens (tertiary/aromatic N) is 1. The summed E-state index contributed by atoms with van der Waals surface area (Å²) in [7, 11) is 0. The quantitative estimate of drug-likeness (QED) is 0.0363. The zero-order valence-electron chi connectivity index (χ0n) is 26.9. The monoisotopic (exact) mass is 583 g/mol. The van der Waals surface area contributed by atoms with Crippen LogP contribution in [0.2, 0.25) is 0 Å². The van der Waals surface area contributed by atoms with Crippen LogP contribution in [0, 0.1) is 0 Å². The summed E-state index contributed by atoms with van der Waals surface area (Å²) < 4.78 is 11.5. The first-order chi connectivity index (χ1) is 19.6. The lowest BCUT2D eigenvalue weighted by Crippen LogP contribution is -2.37. The predicted octanol–water partition coefficient (Wildman–Crippen LogP) is 9.87. The molecule has 0 saturated carbocycles. The molecule has 0 bridgehead atoms. The number of esters is 2. The summed E-state index contributed by atoms with van der Waals surface area (Å²) in [5.74, 6) is 1.14. The van der Waals surface area contributed by atoms with Gasteiger partial charge in [0.15, 0.2) is 0 Å². The minimum Gasteiger partial charge on any atom is -0.461 e. The molecule has 40 heavy (non-hydrogen) atoms. The first kappa shape index (κ1) is 39.0. The number of unbranched alkanes of at least 4 members (excludes halogenated alkanes) is 14. The maximum atomic E-state index is 13.0. The number of carbonyl (C=O) groups excluding carboxylic acids is 2. The van der Waals surface area contributed by atoms with Gasteiger partial charge in [0.25, 0.3) is 0 Å². The molecule has 6 heteroatoms. The average Bonchev–Trinajstić information content (AvgIpc) is 2.93. The standard InChI is InChI=1S/C34H65NO4S/c1-5-9-12-15-18-21-24-27-38-33(36)29-35(31-40-28-8-4)30-34(37)39-32(25-22-19-16-13-10-6-2)26-23-20-17-14-11-7-3/h21,24,32H,5-20,22-23,25-31H2,1-4H3/b24-21-. The van der Waals surface area contributed by atoms with Crippen LogP contribution in [-0.2, 0) is 19.1 Å². The normalized spacial score (nSPS) is 11.7. The smallest absolute Gasteiger partial charge is 0.320 e. The molecule has 0 N–H and O–H groups in total. The molecule has 0 aliphatic carbocycles. The molecule has 0 aromatic heterocycles. The Morgan fingerprint density at radius 2 is 1.18 bits per heavy atom. The van der Waals surface area contributed by atoms with Gasteiger partial charge in [-0.25, -0.2) is 0 Å². The van der Waals surface area contributed by atoms with Crippen molar-refractivity contribution in [3.05, 3.63) is 12.2 Å². The van der Waals surface area contributed by atoms with Crippen LogP contribution >= 0.6 is 11.8 Å². The molecule has 0 heterocycles. The van der Waals surface area contributed by atoms with Gasteiger partial charge in [-0.2, -0.15) is 0 Å². The zero-order chi connectivity index (χ0) is 29.5. The van der Waals surface area contributed by atoms with Gasteiger partial charge in [0.05, 0.1) is 13.1 Å². The molecule has 0 aromatic rings. The fourth-order valence-corrected chi connectivity index (χ4v) is 5.56. The van der Waals surface area contributed by atoms with E-state index in [1.165, 1.54) is 89.9 Å². The fraction of sp³-hybridized carbons (Fsp3) is 0.882. The Bertz CT molecular complexity index is 582. The van der Waals surface area contributed by atoms with Crippen LogP contribution in [0.1, 0.15) is 156 Å². The van der Waals surface area contributed by atoms with Gasteiger partial charge in [-0.05, 0) is 50.7 Å². The number of allylic oxidation sites excluding steroid dienone is 1. The Morgan fingerprint density at radius 3 is 1.75 bits per heavy atom. The van der Waals surface area contributed by atoms with Crippen LogP contribution in [0.5, 0.6) is 0 Å². The van der Waals surface area contributed by atoms with Gasteiger partial charge in [-0.3, -0.25) is 14.5 Å². The summed E-state index contributed by atoms with van der Waals surface area (Å²) in [6, 6.07) is 0. The van der Waals surface area contributed by atoms with Crippen molar-refractivity contribution >= 4 is 23.7 Å². The highest BCUT2D eigenvalue weighted by Gasteiger charge is 2.20. The number of rotatable bonds is 30. The molecule has 0 fully saturated rings. The van der Waals surface area contributed by atoms with E-state index in [0.717, 1.165) is 44.3 Å². The number of ether oxygens (including phenoxy) is 2. The largest absolute Gasteiger partial charge is 0.461 e. The molecule has 0 aliphatic rings. The van der Waals surface area contributed by atoms with Crippen LogP contribution < -0.4 is 0 Å². The number of hydrogen-bond donors (Lipinski definition) is 0. The minimum atomic E-state index is -0.281. The lowest BCUT2D eigenvalue weighted by atomic mass is 10.0. The van der Waals surface area contributed by atoms with E-state index in [9.17, 15) is 9.59 Å². The summed E-state index contributed by atoms with van der Waals surface area (Å²) in [5.41, 5.74) is 0. The van der Waals surface area contributed by atoms with E-state index in [1.807, 2.05) is 11.0 Å². The summed E-state index contributed by atoms with van der Waals surface area (Å²) >= 11 is 1.75. The fourth-order valence-electron chi connectivity index (χ4n) is 4.70. The highest BCUT2D eigenvalue weighted by molar-refractivity contribution is 7.99. The molecule has 0 saturated heterocycles. The summed E-state index contributed by atoms with van der Waals surface area (Å²) in [4.78, 5) is 27.4. The molecule has 0 unspecified atom stereocenters. The molecule has 0 rings (SSSR count). The van der Waals surface area contributed by atoms with Crippen molar-refractivity contribution in [1.82, 2.24) is 4.90 Å². The molecule has 0 spiro atoms. The van der Waals surface area contributed by atoms with Gasteiger partial charge >= 0.3 is 11.9 Å². The van der Waals surface area contributed by atoms with Crippen molar-refractivity contribution in [2.75, 3.05) is 31.3 Å². The molecule has 0 radical (unpaired) electrons. The Morgan fingerprint density at radius 1 is 0.650 bits per heavy atom. The molecule has 0 amide bonds. The Kier molecular flexibility index (Phi) is 30.2. The summed E-state index contributed by atoms with van der Waals surface area (Å²) in [5, 5.41) is 0. The maximum Gasteiger partial charge on any atom is 0.320 e. The Labute approximate surface area is 253 Å².